The summed E-state index contributed by atoms with van der Waals surface area (Å²) in [5.41, 5.74) is -0.559. The van der Waals surface area contributed by atoms with Crippen molar-refractivity contribution in [1.82, 2.24) is 0 Å². The summed E-state index contributed by atoms with van der Waals surface area (Å²) in [5, 5.41) is 22.1. The van der Waals surface area contributed by atoms with Crippen LogP contribution in [0.3, 0.4) is 0 Å². The minimum Gasteiger partial charge on any atom is -0.375 e. The van der Waals surface area contributed by atoms with Crippen LogP contribution in [-0.4, -0.2) is 21.7 Å². The molecule has 0 fully saturated rings. The lowest BCUT2D eigenvalue weighted by atomic mass is 9.88. The molecule has 1 amide bonds. The Hall–Kier alpha value is -3.91. The Balaban J connectivity index is 1.64. The zero-order valence-electron chi connectivity index (χ0n) is 16.2. The average Bonchev–Trinajstić information content (AvgIpc) is 2.96. The van der Waals surface area contributed by atoms with Gasteiger partial charge in [0.1, 0.15) is 5.82 Å². The minimum absolute atomic E-state index is 0.0703. The molecule has 8 heteroatoms. The van der Waals surface area contributed by atoms with Crippen LogP contribution in [0.5, 0.6) is 0 Å². The highest BCUT2D eigenvalue weighted by Crippen LogP contribution is 2.43. The standard InChI is InChI=1S/C23H17FN2O5/c24-17-9-7-16(8-10-17)21(27)13-23(29)19-3-1-2-4-20(19)25(22(23)28)14-15-5-11-18(12-6-15)26(30)31/h1-12,29H,13-14H2. The van der Waals surface area contributed by atoms with Crippen LogP contribution in [0.1, 0.15) is 27.9 Å². The van der Waals surface area contributed by atoms with Crippen molar-refractivity contribution in [3.63, 3.8) is 0 Å². The van der Waals surface area contributed by atoms with Gasteiger partial charge < -0.3 is 10.0 Å². The number of non-ortho nitro benzene ring substituents is 1. The Kier molecular flexibility index (Phi) is 5.08. The monoisotopic (exact) mass is 420 g/mol. The molecule has 1 heterocycles. The first kappa shape index (κ1) is 20.4. The van der Waals surface area contributed by atoms with Gasteiger partial charge in [-0.15, -0.1) is 0 Å². The Morgan fingerprint density at radius 3 is 2.32 bits per heavy atom. The van der Waals surface area contributed by atoms with Gasteiger partial charge >= 0.3 is 0 Å². The van der Waals surface area contributed by atoms with E-state index in [1.807, 2.05) is 0 Å². The van der Waals surface area contributed by atoms with Gasteiger partial charge in [-0.2, -0.15) is 0 Å². The summed E-state index contributed by atoms with van der Waals surface area (Å²) in [6.07, 6.45) is -0.495. The van der Waals surface area contributed by atoms with Gasteiger partial charge in [0.25, 0.3) is 11.6 Å². The van der Waals surface area contributed by atoms with E-state index < -0.39 is 34.5 Å². The van der Waals surface area contributed by atoms with E-state index in [2.05, 4.69) is 0 Å². The van der Waals surface area contributed by atoms with Crippen LogP contribution in [0.4, 0.5) is 15.8 Å². The molecule has 1 atom stereocenters. The van der Waals surface area contributed by atoms with Crippen molar-refractivity contribution in [2.45, 2.75) is 18.6 Å². The molecule has 0 saturated heterocycles. The number of anilines is 1. The van der Waals surface area contributed by atoms with Crippen molar-refractivity contribution in [1.29, 1.82) is 0 Å². The molecule has 0 aromatic heterocycles. The molecule has 1 aliphatic rings. The lowest BCUT2D eigenvalue weighted by Gasteiger charge is -2.23. The number of fused-ring (bicyclic) bond motifs is 1. The number of halogens is 1. The summed E-state index contributed by atoms with van der Waals surface area (Å²) in [5.74, 6) is -1.66. The zero-order chi connectivity index (χ0) is 22.2. The number of rotatable bonds is 6. The number of carbonyl (C=O) groups is 2. The van der Waals surface area contributed by atoms with Gasteiger partial charge in [-0.3, -0.25) is 19.7 Å². The lowest BCUT2D eigenvalue weighted by Crippen LogP contribution is -2.41. The molecular weight excluding hydrogens is 403 g/mol. The molecule has 1 unspecified atom stereocenters. The van der Waals surface area contributed by atoms with E-state index in [0.29, 0.717) is 16.8 Å². The number of benzene rings is 3. The summed E-state index contributed by atoms with van der Waals surface area (Å²) < 4.78 is 13.2. The molecule has 0 bridgehead atoms. The van der Waals surface area contributed by atoms with Crippen molar-refractivity contribution in [3.05, 3.63) is 105 Å². The normalized spacial score (nSPS) is 17.5. The minimum atomic E-state index is -2.07. The topological polar surface area (TPSA) is 101 Å². The number of nitrogens with zero attached hydrogens (tertiary/aromatic N) is 2. The number of hydrogen-bond acceptors (Lipinski definition) is 5. The number of hydrogen-bond donors (Lipinski definition) is 1. The number of amides is 1. The summed E-state index contributed by atoms with van der Waals surface area (Å²) in [6, 6.07) is 17.3. The smallest absolute Gasteiger partial charge is 0.269 e. The highest BCUT2D eigenvalue weighted by molar-refractivity contribution is 6.10. The van der Waals surface area contributed by atoms with E-state index in [9.17, 15) is 29.2 Å². The molecule has 0 radical (unpaired) electrons. The first-order valence-corrected chi connectivity index (χ1v) is 9.45. The Labute approximate surface area is 176 Å². The Morgan fingerprint density at radius 2 is 1.68 bits per heavy atom. The highest BCUT2D eigenvalue weighted by Gasteiger charge is 2.50. The molecule has 1 aliphatic heterocycles. The van der Waals surface area contributed by atoms with Gasteiger partial charge in [-0.05, 0) is 35.9 Å². The SMILES string of the molecule is O=C(CC1(O)C(=O)N(Cc2ccc([N+](=O)[O-])cc2)c2ccccc21)c1ccc(F)cc1. The maximum absolute atomic E-state index is 13.2. The van der Waals surface area contributed by atoms with Crippen molar-refractivity contribution in [2.24, 2.45) is 0 Å². The summed E-state index contributed by atoms with van der Waals surface area (Å²) in [4.78, 5) is 37.7. The second kappa shape index (κ2) is 7.73. The molecule has 0 spiro atoms. The van der Waals surface area contributed by atoms with Gasteiger partial charge in [-0.25, -0.2) is 4.39 Å². The molecule has 1 N–H and O–H groups in total. The van der Waals surface area contributed by atoms with Crippen LogP contribution >= 0.6 is 0 Å². The van der Waals surface area contributed by atoms with E-state index in [-0.39, 0.29) is 17.8 Å². The van der Waals surface area contributed by atoms with E-state index >= 15 is 0 Å². The molecule has 0 saturated carbocycles. The zero-order valence-corrected chi connectivity index (χ0v) is 16.2. The second-order valence-electron chi connectivity index (χ2n) is 7.30. The number of aliphatic hydroxyl groups is 1. The predicted molar refractivity (Wildman–Crippen MR) is 110 cm³/mol. The number of para-hydroxylation sites is 1. The fourth-order valence-corrected chi connectivity index (χ4v) is 3.71. The molecule has 0 aliphatic carbocycles. The Morgan fingerprint density at radius 1 is 1.03 bits per heavy atom. The molecule has 3 aromatic carbocycles. The third kappa shape index (κ3) is 3.69. The molecule has 156 valence electrons. The van der Waals surface area contributed by atoms with Gasteiger partial charge in [0, 0.05) is 23.3 Å². The number of carbonyl (C=O) groups excluding carboxylic acids is 2. The van der Waals surface area contributed by atoms with E-state index in [1.54, 1.807) is 24.3 Å². The lowest BCUT2D eigenvalue weighted by molar-refractivity contribution is -0.384. The van der Waals surface area contributed by atoms with E-state index in [0.717, 1.165) is 12.1 Å². The van der Waals surface area contributed by atoms with Gasteiger partial charge in [0.2, 0.25) is 0 Å². The van der Waals surface area contributed by atoms with Crippen LogP contribution in [0.2, 0.25) is 0 Å². The van der Waals surface area contributed by atoms with Crippen LogP contribution in [0.25, 0.3) is 0 Å². The van der Waals surface area contributed by atoms with Crippen molar-refractivity contribution in [3.8, 4) is 0 Å². The number of nitro groups is 1. The number of Topliss-reactive ketones (excluding diaryl/α,β-unsaturated/α-hetero) is 1. The third-order valence-corrected chi connectivity index (χ3v) is 5.31. The number of ketones is 1. The fraction of sp³-hybridized carbons (Fsp3) is 0.130. The molecule has 7 nitrogen and oxygen atoms in total. The van der Waals surface area contributed by atoms with Crippen molar-refractivity contribution >= 4 is 23.1 Å². The maximum Gasteiger partial charge on any atom is 0.269 e. The number of nitro benzene ring substituents is 1. The maximum atomic E-state index is 13.2. The molecule has 31 heavy (non-hydrogen) atoms. The second-order valence-corrected chi connectivity index (χ2v) is 7.30. The van der Waals surface area contributed by atoms with E-state index in [4.69, 9.17) is 0 Å². The van der Waals surface area contributed by atoms with Crippen LogP contribution in [-0.2, 0) is 16.9 Å². The summed E-state index contributed by atoms with van der Waals surface area (Å²) >= 11 is 0. The predicted octanol–water partition coefficient (Wildman–Crippen LogP) is 3.74. The van der Waals surface area contributed by atoms with Gasteiger partial charge in [-0.1, -0.05) is 30.3 Å². The van der Waals surface area contributed by atoms with Crippen LogP contribution in [0.15, 0.2) is 72.8 Å². The summed E-state index contributed by atoms with van der Waals surface area (Å²) in [6.45, 7) is 0.0703. The largest absolute Gasteiger partial charge is 0.375 e. The van der Waals surface area contributed by atoms with Gasteiger partial charge in [0.05, 0.1) is 23.6 Å². The first-order chi connectivity index (χ1) is 14.8. The Bertz CT molecular complexity index is 1180. The van der Waals surface area contributed by atoms with Gasteiger partial charge in [0.15, 0.2) is 11.4 Å². The molecular formula is C23H17FN2O5. The quantitative estimate of drug-likeness (QED) is 0.372. The van der Waals surface area contributed by atoms with Crippen LogP contribution in [0, 0.1) is 15.9 Å². The van der Waals surface area contributed by atoms with Crippen LogP contribution < -0.4 is 4.90 Å². The first-order valence-electron chi connectivity index (χ1n) is 9.45. The average molecular weight is 420 g/mol. The third-order valence-electron chi connectivity index (χ3n) is 5.31. The van der Waals surface area contributed by atoms with E-state index in [1.165, 1.54) is 41.3 Å². The fourth-order valence-electron chi connectivity index (χ4n) is 3.71. The van der Waals surface area contributed by atoms with Crippen molar-refractivity contribution in [2.75, 3.05) is 4.90 Å². The summed E-state index contributed by atoms with van der Waals surface area (Å²) in [7, 11) is 0. The molecule has 4 rings (SSSR count). The molecule has 3 aromatic rings. The highest BCUT2D eigenvalue weighted by atomic mass is 19.1. The van der Waals surface area contributed by atoms with Crippen molar-refractivity contribution < 1.29 is 24.0 Å².